The van der Waals surface area contributed by atoms with Crippen LogP contribution in [0.4, 0.5) is 11.4 Å². The van der Waals surface area contributed by atoms with Crippen molar-refractivity contribution in [1.82, 2.24) is 0 Å². The molecule has 5 heteroatoms. The van der Waals surface area contributed by atoms with E-state index >= 15 is 0 Å². The van der Waals surface area contributed by atoms with Crippen LogP contribution in [-0.4, -0.2) is 28.8 Å². The van der Waals surface area contributed by atoms with Crippen LogP contribution in [0.3, 0.4) is 0 Å². The van der Waals surface area contributed by atoms with Crippen molar-refractivity contribution in [2.45, 2.75) is 12.8 Å². The van der Waals surface area contributed by atoms with Gasteiger partial charge in [-0.3, -0.25) is 4.72 Å². The molecule has 0 aromatic heterocycles. The summed E-state index contributed by atoms with van der Waals surface area (Å²) in [6.07, 6.45) is 5.29. The first-order chi connectivity index (χ1) is 14.3. The Labute approximate surface area is 178 Å². The minimum atomic E-state index is -3.32. The van der Waals surface area contributed by atoms with Crippen molar-refractivity contribution < 1.29 is 8.42 Å². The largest absolute Gasteiger partial charge is 0.377 e. The van der Waals surface area contributed by atoms with Gasteiger partial charge in [0.15, 0.2) is 0 Å². The van der Waals surface area contributed by atoms with Crippen molar-refractivity contribution in [2.24, 2.45) is 0 Å². The molecule has 30 heavy (non-hydrogen) atoms. The maximum Gasteiger partial charge on any atom is 0.229 e. The number of hydrogen-bond acceptors (Lipinski definition) is 3. The topological polar surface area (TPSA) is 49.4 Å². The van der Waals surface area contributed by atoms with Crippen LogP contribution < -0.4 is 9.62 Å². The van der Waals surface area contributed by atoms with Gasteiger partial charge >= 0.3 is 0 Å². The summed E-state index contributed by atoms with van der Waals surface area (Å²) in [6.45, 7) is 0. The quantitative estimate of drug-likeness (QED) is 0.661. The van der Waals surface area contributed by atoms with Crippen molar-refractivity contribution in [3.63, 3.8) is 0 Å². The summed E-state index contributed by atoms with van der Waals surface area (Å²) in [5, 5.41) is 0. The summed E-state index contributed by atoms with van der Waals surface area (Å²) in [5.41, 5.74) is 9.05. The van der Waals surface area contributed by atoms with Crippen LogP contribution in [0.25, 0.3) is 11.6 Å². The van der Waals surface area contributed by atoms with E-state index in [9.17, 15) is 8.42 Å². The number of nitrogens with one attached hydrogen (secondary N) is 1. The molecular formula is C25H26N2O2S. The van der Waals surface area contributed by atoms with Gasteiger partial charge in [-0.25, -0.2) is 8.42 Å². The van der Waals surface area contributed by atoms with E-state index in [0.717, 1.165) is 18.4 Å². The zero-order valence-electron chi connectivity index (χ0n) is 17.5. The fourth-order valence-corrected chi connectivity index (χ4v) is 4.70. The standard InChI is InChI=1S/C25H26N2O2S/c1-27(2)25-13-7-12-22-23(25)15-14-19-9-4-5-11-21(19)24(22)17-18-8-6-10-20(16-18)26-30(3,28)29/h4-13,16-17,26H,14-15H2,1-3H3. The summed E-state index contributed by atoms with van der Waals surface area (Å²) >= 11 is 0. The van der Waals surface area contributed by atoms with E-state index in [1.165, 1.54) is 39.8 Å². The second-order valence-corrected chi connectivity index (χ2v) is 9.66. The Bertz CT molecular complexity index is 1230. The third-order valence-corrected chi connectivity index (χ3v) is 5.98. The van der Waals surface area contributed by atoms with Crippen LogP contribution in [0.15, 0.2) is 66.7 Å². The van der Waals surface area contributed by atoms with Gasteiger partial charge in [0.25, 0.3) is 0 Å². The number of aryl methyl sites for hydroxylation is 1. The molecule has 0 heterocycles. The summed E-state index contributed by atoms with van der Waals surface area (Å²) in [5.74, 6) is 0. The molecule has 0 spiro atoms. The molecule has 0 amide bonds. The van der Waals surface area contributed by atoms with E-state index in [2.05, 4.69) is 72.3 Å². The summed E-state index contributed by atoms with van der Waals surface area (Å²) in [4.78, 5) is 2.17. The highest BCUT2D eigenvalue weighted by atomic mass is 32.2. The van der Waals surface area contributed by atoms with Crippen molar-refractivity contribution in [1.29, 1.82) is 0 Å². The molecule has 154 valence electrons. The van der Waals surface area contributed by atoms with Crippen molar-refractivity contribution in [3.8, 4) is 0 Å². The van der Waals surface area contributed by atoms with Crippen LogP contribution in [-0.2, 0) is 22.9 Å². The predicted octanol–water partition coefficient (Wildman–Crippen LogP) is 4.81. The molecule has 0 saturated heterocycles. The zero-order chi connectivity index (χ0) is 21.3. The molecule has 0 aliphatic heterocycles. The maximum absolute atomic E-state index is 11.6. The van der Waals surface area contributed by atoms with E-state index in [1.54, 1.807) is 6.07 Å². The highest BCUT2D eigenvalue weighted by molar-refractivity contribution is 7.92. The van der Waals surface area contributed by atoms with Crippen LogP contribution in [0.5, 0.6) is 0 Å². The van der Waals surface area contributed by atoms with Gasteiger partial charge in [-0.1, -0.05) is 48.5 Å². The first-order valence-corrected chi connectivity index (χ1v) is 11.9. The number of rotatable bonds is 4. The van der Waals surface area contributed by atoms with Gasteiger partial charge in [0.1, 0.15) is 0 Å². The van der Waals surface area contributed by atoms with Gasteiger partial charge in [0, 0.05) is 25.5 Å². The number of nitrogens with zero attached hydrogens (tertiary/aromatic N) is 1. The van der Waals surface area contributed by atoms with Crippen molar-refractivity contribution >= 4 is 33.0 Å². The van der Waals surface area contributed by atoms with E-state index in [0.29, 0.717) is 5.69 Å². The second-order valence-electron chi connectivity index (χ2n) is 7.91. The highest BCUT2D eigenvalue weighted by Crippen LogP contribution is 2.38. The van der Waals surface area contributed by atoms with E-state index in [1.807, 2.05) is 18.2 Å². The third-order valence-electron chi connectivity index (χ3n) is 5.38. The molecule has 0 bridgehead atoms. The van der Waals surface area contributed by atoms with E-state index in [4.69, 9.17) is 0 Å². The maximum atomic E-state index is 11.6. The normalized spacial score (nSPS) is 14.6. The lowest BCUT2D eigenvalue weighted by Crippen LogP contribution is -2.12. The van der Waals surface area contributed by atoms with Gasteiger partial charge in [-0.05, 0) is 70.5 Å². The smallest absolute Gasteiger partial charge is 0.229 e. The van der Waals surface area contributed by atoms with E-state index in [-0.39, 0.29) is 0 Å². The number of sulfonamides is 1. The lowest BCUT2D eigenvalue weighted by Gasteiger charge is -2.20. The number of anilines is 2. The Hall–Kier alpha value is -3.05. The van der Waals surface area contributed by atoms with Gasteiger partial charge in [0.05, 0.1) is 6.26 Å². The highest BCUT2D eigenvalue weighted by Gasteiger charge is 2.20. The summed E-state index contributed by atoms with van der Waals surface area (Å²) in [6, 6.07) is 22.5. The van der Waals surface area contributed by atoms with Crippen LogP contribution in [0.1, 0.15) is 27.8 Å². The molecule has 0 fully saturated rings. The third kappa shape index (κ3) is 4.26. The van der Waals surface area contributed by atoms with Gasteiger partial charge < -0.3 is 4.90 Å². The molecular weight excluding hydrogens is 392 g/mol. The lowest BCUT2D eigenvalue weighted by molar-refractivity contribution is 0.607. The summed E-state index contributed by atoms with van der Waals surface area (Å²) < 4.78 is 25.9. The van der Waals surface area contributed by atoms with Crippen molar-refractivity contribution in [3.05, 3.63) is 94.5 Å². The molecule has 0 unspecified atom stereocenters. The minimum absolute atomic E-state index is 0.566. The van der Waals surface area contributed by atoms with Gasteiger partial charge in [0.2, 0.25) is 10.0 Å². The Morgan fingerprint density at radius 2 is 1.63 bits per heavy atom. The Morgan fingerprint density at radius 3 is 2.40 bits per heavy atom. The SMILES string of the molecule is CN(C)c1cccc2c1CCc1ccccc1C2=Cc1cccc(NS(C)(=O)=O)c1. The predicted molar refractivity (Wildman–Crippen MR) is 127 cm³/mol. The number of benzene rings is 3. The monoisotopic (exact) mass is 418 g/mol. The molecule has 0 saturated carbocycles. The Kier molecular flexibility index (Phi) is 5.39. The zero-order valence-corrected chi connectivity index (χ0v) is 18.3. The first kappa shape index (κ1) is 20.2. The Morgan fingerprint density at radius 1 is 0.900 bits per heavy atom. The average Bonchev–Trinajstić information content (AvgIpc) is 2.84. The fourth-order valence-electron chi connectivity index (χ4n) is 4.14. The molecule has 0 atom stereocenters. The minimum Gasteiger partial charge on any atom is -0.377 e. The van der Waals surface area contributed by atoms with E-state index < -0.39 is 10.0 Å². The molecule has 4 rings (SSSR count). The lowest BCUT2D eigenvalue weighted by atomic mass is 9.91. The van der Waals surface area contributed by atoms with Gasteiger partial charge in [-0.15, -0.1) is 0 Å². The number of hydrogen-bond donors (Lipinski definition) is 1. The molecule has 1 N–H and O–H groups in total. The van der Waals surface area contributed by atoms with Crippen LogP contribution >= 0.6 is 0 Å². The first-order valence-electron chi connectivity index (χ1n) is 9.99. The van der Waals surface area contributed by atoms with Gasteiger partial charge in [-0.2, -0.15) is 0 Å². The fraction of sp³-hybridized carbons (Fsp3) is 0.200. The Balaban J connectivity index is 1.91. The average molecular weight is 419 g/mol. The molecule has 0 radical (unpaired) electrons. The molecule has 1 aliphatic rings. The van der Waals surface area contributed by atoms with Crippen molar-refractivity contribution in [2.75, 3.05) is 30.0 Å². The van der Waals surface area contributed by atoms with Crippen LogP contribution in [0, 0.1) is 0 Å². The molecule has 3 aromatic rings. The molecule has 4 nitrogen and oxygen atoms in total. The number of fused-ring (bicyclic) bond motifs is 2. The second kappa shape index (κ2) is 8.00. The molecule has 1 aliphatic carbocycles. The van der Waals surface area contributed by atoms with Crippen LogP contribution in [0.2, 0.25) is 0 Å². The molecule has 3 aromatic carbocycles. The summed E-state index contributed by atoms with van der Waals surface area (Å²) in [7, 11) is 0.840.